The molecule has 0 aromatic carbocycles. The lowest BCUT2D eigenvalue weighted by Gasteiger charge is -2.19. The van der Waals surface area contributed by atoms with Crippen LogP contribution in [0, 0.1) is 5.41 Å². The molecule has 0 aliphatic rings. The predicted octanol–water partition coefficient (Wildman–Crippen LogP) is 2.09. The van der Waals surface area contributed by atoms with Crippen molar-refractivity contribution in [1.29, 1.82) is 0 Å². The number of carbonyl (C=O) groups excluding carboxylic acids is 1. The Bertz CT molecular complexity index is 221. The molecule has 0 saturated heterocycles. The highest BCUT2D eigenvalue weighted by Gasteiger charge is 2.31. The van der Waals surface area contributed by atoms with Crippen LogP contribution in [-0.4, -0.2) is 26.2 Å². The van der Waals surface area contributed by atoms with E-state index >= 15 is 0 Å². The lowest BCUT2D eigenvalue weighted by molar-refractivity contribution is -0.123. The molecule has 0 bridgehead atoms. The number of ketones is 1. The summed E-state index contributed by atoms with van der Waals surface area (Å²) in [6.45, 7) is 5.31. The van der Waals surface area contributed by atoms with Gasteiger partial charge in [-0.25, -0.2) is 0 Å². The van der Waals surface area contributed by atoms with Crippen LogP contribution >= 0.6 is 7.60 Å². The molecule has 0 N–H and O–H groups in total. The van der Waals surface area contributed by atoms with Crippen LogP contribution in [0.3, 0.4) is 0 Å². The summed E-state index contributed by atoms with van der Waals surface area (Å²) in [5, 5.41) is 0. The van der Waals surface area contributed by atoms with Gasteiger partial charge in [0.25, 0.3) is 0 Å². The van der Waals surface area contributed by atoms with Crippen LogP contribution in [0.4, 0.5) is 0 Å². The summed E-state index contributed by atoms with van der Waals surface area (Å²) < 4.78 is 20.9. The molecule has 0 spiro atoms. The Morgan fingerprint density at radius 1 is 1.23 bits per heavy atom. The van der Waals surface area contributed by atoms with Crippen LogP contribution in [0.25, 0.3) is 0 Å². The third-order valence-electron chi connectivity index (χ3n) is 1.73. The molecular formula is C8H17O4P. The van der Waals surface area contributed by atoms with E-state index in [0.717, 1.165) is 0 Å². The number of carbonyl (C=O) groups is 1. The lowest BCUT2D eigenvalue weighted by Crippen LogP contribution is -2.24. The Hall–Kier alpha value is -0.180. The van der Waals surface area contributed by atoms with Crippen LogP contribution in [0.5, 0.6) is 0 Å². The van der Waals surface area contributed by atoms with Crippen molar-refractivity contribution in [3.63, 3.8) is 0 Å². The predicted molar refractivity (Wildman–Crippen MR) is 51.0 cm³/mol. The highest BCUT2D eigenvalue weighted by molar-refractivity contribution is 7.54. The van der Waals surface area contributed by atoms with Crippen molar-refractivity contribution >= 4 is 13.4 Å². The van der Waals surface area contributed by atoms with Gasteiger partial charge in [0.15, 0.2) is 0 Å². The van der Waals surface area contributed by atoms with Crippen molar-refractivity contribution in [2.45, 2.75) is 20.8 Å². The van der Waals surface area contributed by atoms with E-state index in [9.17, 15) is 9.36 Å². The van der Waals surface area contributed by atoms with E-state index in [1.807, 2.05) is 0 Å². The smallest absolute Gasteiger partial charge is 0.312 e. The largest absolute Gasteiger partial charge is 0.337 e. The maximum Gasteiger partial charge on any atom is 0.337 e. The van der Waals surface area contributed by atoms with Gasteiger partial charge in [0, 0.05) is 19.6 Å². The Balaban J connectivity index is 4.45. The molecule has 0 aliphatic heterocycles. The molecular weight excluding hydrogens is 191 g/mol. The quantitative estimate of drug-likeness (QED) is 0.664. The zero-order chi connectivity index (χ0) is 10.7. The van der Waals surface area contributed by atoms with E-state index in [0.29, 0.717) is 0 Å². The summed E-state index contributed by atoms with van der Waals surface area (Å²) in [5.41, 5.74) is -0.507. The standard InChI is InChI=1S/C8H17O4P/c1-8(2,3)7(9)6-13(10,11-4)12-5/h6H2,1-5H3. The van der Waals surface area contributed by atoms with Gasteiger partial charge in [-0.15, -0.1) is 0 Å². The minimum Gasteiger partial charge on any atom is -0.312 e. The summed E-state index contributed by atoms with van der Waals surface area (Å²) in [6, 6.07) is 0. The summed E-state index contributed by atoms with van der Waals surface area (Å²) in [6.07, 6.45) is -0.163. The van der Waals surface area contributed by atoms with Crippen molar-refractivity contribution < 1.29 is 18.4 Å². The Labute approximate surface area is 79.1 Å². The molecule has 0 aliphatic carbocycles. The van der Waals surface area contributed by atoms with Gasteiger partial charge in [-0.3, -0.25) is 9.36 Å². The minimum absolute atomic E-state index is 0.125. The monoisotopic (exact) mass is 208 g/mol. The highest BCUT2D eigenvalue weighted by Crippen LogP contribution is 2.47. The topological polar surface area (TPSA) is 52.6 Å². The third-order valence-corrected chi connectivity index (χ3v) is 3.52. The first-order valence-electron chi connectivity index (χ1n) is 3.99. The molecule has 4 nitrogen and oxygen atoms in total. The van der Waals surface area contributed by atoms with E-state index in [1.54, 1.807) is 20.8 Å². The highest BCUT2D eigenvalue weighted by atomic mass is 31.2. The number of hydrogen-bond donors (Lipinski definition) is 0. The van der Waals surface area contributed by atoms with Crippen molar-refractivity contribution in [3.05, 3.63) is 0 Å². The average Bonchev–Trinajstić information content (AvgIpc) is 2.02. The van der Waals surface area contributed by atoms with Gasteiger partial charge in [-0.2, -0.15) is 0 Å². The Kier molecular flexibility index (Phi) is 4.30. The summed E-state index contributed by atoms with van der Waals surface area (Å²) in [7, 11) is -0.627. The van der Waals surface area contributed by atoms with Crippen molar-refractivity contribution in [2.75, 3.05) is 20.4 Å². The van der Waals surface area contributed by atoms with Crippen molar-refractivity contribution in [2.24, 2.45) is 5.41 Å². The minimum atomic E-state index is -3.18. The second-order valence-corrected chi connectivity index (χ2v) is 6.08. The number of hydrogen-bond acceptors (Lipinski definition) is 4. The second kappa shape index (κ2) is 4.36. The summed E-state index contributed by atoms with van der Waals surface area (Å²) in [5.74, 6) is -0.125. The summed E-state index contributed by atoms with van der Waals surface area (Å²) in [4.78, 5) is 11.5. The van der Waals surface area contributed by atoms with Crippen LogP contribution in [-0.2, 0) is 18.4 Å². The fourth-order valence-electron chi connectivity index (χ4n) is 0.617. The van der Waals surface area contributed by atoms with Crippen molar-refractivity contribution in [1.82, 2.24) is 0 Å². The van der Waals surface area contributed by atoms with Gasteiger partial charge in [0.1, 0.15) is 11.9 Å². The Morgan fingerprint density at radius 2 is 1.62 bits per heavy atom. The van der Waals surface area contributed by atoms with E-state index in [1.165, 1.54) is 14.2 Å². The average molecular weight is 208 g/mol. The molecule has 0 amide bonds. The zero-order valence-electron chi connectivity index (χ0n) is 8.79. The van der Waals surface area contributed by atoms with Gasteiger partial charge in [-0.05, 0) is 0 Å². The first-order valence-corrected chi connectivity index (χ1v) is 5.72. The molecule has 0 unspecified atom stereocenters. The van der Waals surface area contributed by atoms with Crippen LogP contribution in [0.2, 0.25) is 0 Å². The first kappa shape index (κ1) is 12.8. The van der Waals surface area contributed by atoms with E-state index in [2.05, 4.69) is 9.05 Å². The normalized spacial score (nSPS) is 13.0. The zero-order valence-corrected chi connectivity index (χ0v) is 9.68. The van der Waals surface area contributed by atoms with Gasteiger partial charge < -0.3 is 9.05 Å². The van der Waals surface area contributed by atoms with E-state index in [-0.39, 0.29) is 11.9 Å². The maximum absolute atomic E-state index is 11.5. The molecule has 0 rings (SSSR count). The maximum atomic E-state index is 11.5. The molecule has 0 fully saturated rings. The van der Waals surface area contributed by atoms with Gasteiger partial charge in [-0.1, -0.05) is 20.8 Å². The molecule has 78 valence electrons. The van der Waals surface area contributed by atoms with Gasteiger partial charge in [0.2, 0.25) is 0 Å². The molecule has 0 aromatic heterocycles. The SMILES string of the molecule is COP(=O)(CC(=O)C(C)(C)C)OC. The molecule has 5 heteroatoms. The third kappa shape index (κ3) is 4.03. The van der Waals surface area contributed by atoms with Crippen molar-refractivity contribution in [3.8, 4) is 0 Å². The van der Waals surface area contributed by atoms with E-state index < -0.39 is 13.0 Å². The summed E-state index contributed by atoms with van der Waals surface area (Å²) >= 11 is 0. The van der Waals surface area contributed by atoms with Gasteiger partial charge >= 0.3 is 7.60 Å². The molecule has 0 saturated carbocycles. The molecule has 0 radical (unpaired) electrons. The van der Waals surface area contributed by atoms with Gasteiger partial charge in [0.05, 0.1) is 0 Å². The van der Waals surface area contributed by atoms with Crippen LogP contribution in [0.15, 0.2) is 0 Å². The number of Topliss-reactive ketones (excluding diaryl/α,β-unsaturated/α-hetero) is 1. The lowest BCUT2D eigenvalue weighted by atomic mass is 9.92. The van der Waals surface area contributed by atoms with Crippen LogP contribution in [0.1, 0.15) is 20.8 Å². The molecule has 0 atom stereocenters. The Morgan fingerprint density at radius 3 is 1.85 bits per heavy atom. The second-order valence-electron chi connectivity index (χ2n) is 3.81. The van der Waals surface area contributed by atoms with E-state index in [4.69, 9.17) is 0 Å². The molecule has 13 heavy (non-hydrogen) atoms. The molecule has 0 heterocycles. The first-order chi connectivity index (χ1) is 5.75. The number of rotatable bonds is 4. The van der Waals surface area contributed by atoms with Crippen LogP contribution < -0.4 is 0 Å². The fraction of sp³-hybridized carbons (Fsp3) is 0.875. The molecule has 0 aromatic rings. The fourth-order valence-corrected chi connectivity index (χ4v) is 1.85.